The molecule has 2 aromatic carbocycles. The van der Waals surface area contributed by atoms with E-state index in [-0.39, 0.29) is 21.2 Å². The van der Waals surface area contributed by atoms with Crippen molar-refractivity contribution >= 4 is 11.4 Å². The summed E-state index contributed by atoms with van der Waals surface area (Å²) < 4.78 is 0. The number of non-ortho nitro benzene ring substituents is 2. The second-order valence-corrected chi connectivity index (χ2v) is 7.71. The Bertz CT molecular complexity index is 779. The Morgan fingerprint density at radius 2 is 0.966 bits per heavy atom. The molecule has 6 nitrogen and oxygen atoms in total. The molecule has 2 rings (SSSR count). The van der Waals surface area contributed by atoms with Gasteiger partial charge in [-0.2, -0.15) is 0 Å². The van der Waals surface area contributed by atoms with Gasteiger partial charge in [-0.15, -0.1) is 0 Å². The van der Waals surface area contributed by atoms with Crippen LogP contribution in [0.1, 0.15) is 67.2 Å². The van der Waals surface area contributed by atoms with Crippen molar-refractivity contribution in [3.05, 3.63) is 78.9 Å². The van der Waals surface area contributed by atoms with Gasteiger partial charge in [0.05, 0.1) is 9.85 Å². The van der Waals surface area contributed by atoms with Gasteiger partial charge in [0.2, 0.25) is 0 Å². The molecule has 2 aromatic rings. The van der Waals surface area contributed by atoms with E-state index in [1.165, 1.54) is 19.3 Å². The zero-order valence-electron chi connectivity index (χ0n) is 17.4. The van der Waals surface area contributed by atoms with E-state index in [0.717, 1.165) is 60.8 Å². The van der Waals surface area contributed by atoms with Crippen LogP contribution in [0.3, 0.4) is 0 Å². The normalized spacial score (nSPS) is 10.8. The summed E-state index contributed by atoms with van der Waals surface area (Å²) in [5, 5.41) is 21.8. The van der Waals surface area contributed by atoms with Gasteiger partial charge in [-0.3, -0.25) is 20.2 Å². The number of nitro groups is 2. The van der Waals surface area contributed by atoms with Crippen LogP contribution in [0.25, 0.3) is 0 Å². The monoisotopic (exact) mass is 398 g/mol. The fourth-order valence-electron chi connectivity index (χ4n) is 3.60. The van der Waals surface area contributed by atoms with E-state index in [9.17, 15) is 20.2 Å². The summed E-state index contributed by atoms with van der Waals surface area (Å²) in [4.78, 5) is 21.1. The predicted octanol–water partition coefficient (Wildman–Crippen LogP) is 6.64. The Morgan fingerprint density at radius 3 is 1.31 bits per heavy atom. The Labute approximate surface area is 172 Å². The van der Waals surface area contributed by atoms with E-state index in [4.69, 9.17) is 0 Å². The van der Waals surface area contributed by atoms with E-state index in [1.54, 1.807) is 24.3 Å². The maximum atomic E-state index is 10.9. The molecular weight excluding hydrogens is 368 g/mol. The lowest BCUT2D eigenvalue weighted by Crippen LogP contribution is -1.95. The summed E-state index contributed by atoms with van der Waals surface area (Å²) >= 11 is 0. The highest BCUT2D eigenvalue weighted by Crippen LogP contribution is 2.21. The molecule has 0 radical (unpaired) electrons. The summed E-state index contributed by atoms with van der Waals surface area (Å²) in [6.07, 6.45) is 9.66. The minimum atomic E-state index is -0.335. The van der Waals surface area contributed by atoms with Crippen LogP contribution in [0.5, 0.6) is 0 Å². The first kappa shape index (κ1) is 22.5. The molecule has 0 atom stereocenters. The molecule has 0 heterocycles. The third kappa shape index (κ3) is 7.29. The first-order chi connectivity index (χ1) is 13.9. The Hall–Kier alpha value is -2.76. The van der Waals surface area contributed by atoms with Crippen LogP contribution in [0.4, 0.5) is 11.4 Å². The third-order valence-corrected chi connectivity index (χ3v) is 5.48. The van der Waals surface area contributed by atoms with E-state index in [1.807, 2.05) is 26.0 Å². The lowest BCUT2D eigenvalue weighted by atomic mass is 9.99. The minimum absolute atomic E-state index is 0.171. The van der Waals surface area contributed by atoms with Crippen molar-refractivity contribution in [2.45, 2.75) is 71.6 Å². The summed E-state index contributed by atoms with van der Waals surface area (Å²) in [5.74, 6) is 0. The van der Waals surface area contributed by atoms with E-state index in [0.29, 0.717) is 0 Å². The highest BCUT2D eigenvalue weighted by atomic mass is 16.6. The van der Waals surface area contributed by atoms with Crippen molar-refractivity contribution in [2.75, 3.05) is 0 Å². The average molecular weight is 399 g/mol. The highest BCUT2D eigenvalue weighted by molar-refractivity contribution is 5.40. The van der Waals surface area contributed by atoms with Crippen LogP contribution in [-0.2, 0) is 12.8 Å². The quantitative estimate of drug-likeness (QED) is 0.228. The molecule has 0 amide bonds. The van der Waals surface area contributed by atoms with Gasteiger partial charge < -0.3 is 0 Å². The molecule has 0 aliphatic heterocycles. The molecule has 6 heteroatoms. The summed E-state index contributed by atoms with van der Waals surface area (Å²) in [6.45, 7) is 4.00. The number of hydrogen-bond donors (Lipinski definition) is 0. The summed E-state index contributed by atoms with van der Waals surface area (Å²) in [6, 6.07) is 10.2. The second kappa shape index (κ2) is 11.3. The first-order valence-electron chi connectivity index (χ1n) is 10.4. The van der Waals surface area contributed by atoms with Gasteiger partial charge in [0.15, 0.2) is 0 Å². The van der Waals surface area contributed by atoms with Gasteiger partial charge in [-0.05, 0) is 61.8 Å². The molecule has 0 fully saturated rings. The minimum Gasteiger partial charge on any atom is -0.258 e. The molecule has 156 valence electrons. The largest absolute Gasteiger partial charge is 0.269 e. The zero-order chi connectivity index (χ0) is 21.2. The van der Waals surface area contributed by atoms with Gasteiger partial charge in [0.1, 0.15) is 0 Å². The third-order valence-electron chi connectivity index (χ3n) is 5.48. The maximum absolute atomic E-state index is 10.9. The van der Waals surface area contributed by atoms with Crippen LogP contribution >= 0.6 is 0 Å². The Balaban J connectivity index is 1.60. The van der Waals surface area contributed by atoms with Crippen molar-refractivity contribution in [3.63, 3.8) is 0 Å². The van der Waals surface area contributed by atoms with E-state index >= 15 is 0 Å². The molecule has 29 heavy (non-hydrogen) atoms. The lowest BCUT2D eigenvalue weighted by molar-refractivity contribution is -0.385. The topological polar surface area (TPSA) is 86.3 Å². The second-order valence-electron chi connectivity index (χ2n) is 7.71. The number of nitrogens with zero attached hydrogens (tertiary/aromatic N) is 2. The molecule has 0 N–H and O–H groups in total. The van der Waals surface area contributed by atoms with Crippen molar-refractivity contribution in [3.8, 4) is 0 Å². The fraction of sp³-hybridized carbons (Fsp3) is 0.478. The Morgan fingerprint density at radius 1 is 0.621 bits per heavy atom. The fourth-order valence-corrected chi connectivity index (χ4v) is 3.60. The number of aryl methyl sites for hydroxylation is 4. The molecule has 0 saturated heterocycles. The standard InChI is InChI=1S/C23H30N2O4/c1-18-12-14-22(24(26)27)16-20(18)10-8-6-4-3-5-7-9-11-21-17-23(25(28)29)15-13-19(21)2/h12-17H,3-11H2,1-2H3. The molecule has 0 bridgehead atoms. The molecule has 0 aromatic heterocycles. The summed E-state index contributed by atoms with van der Waals surface area (Å²) in [5.41, 5.74) is 4.73. The number of hydrogen-bond acceptors (Lipinski definition) is 4. The smallest absolute Gasteiger partial charge is 0.258 e. The molecular formula is C23H30N2O4. The van der Waals surface area contributed by atoms with Crippen LogP contribution in [0.2, 0.25) is 0 Å². The predicted molar refractivity (Wildman–Crippen MR) is 115 cm³/mol. The van der Waals surface area contributed by atoms with Crippen molar-refractivity contribution in [1.82, 2.24) is 0 Å². The van der Waals surface area contributed by atoms with E-state index < -0.39 is 0 Å². The molecule has 0 saturated carbocycles. The SMILES string of the molecule is Cc1ccc([N+](=O)[O-])cc1CCCCCCCCCc1cc([N+](=O)[O-])ccc1C. The number of benzene rings is 2. The number of rotatable bonds is 12. The highest BCUT2D eigenvalue weighted by Gasteiger charge is 2.09. The molecule has 0 spiro atoms. The number of unbranched alkanes of at least 4 members (excludes halogenated alkanes) is 6. The Kier molecular flexibility index (Phi) is 8.77. The van der Waals surface area contributed by atoms with Crippen molar-refractivity contribution in [1.29, 1.82) is 0 Å². The maximum Gasteiger partial charge on any atom is 0.269 e. The van der Waals surface area contributed by atoms with Crippen LogP contribution in [0, 0.1) is 34.1 Å². The van der Waals surface area contributed by atoms with Gasteiger partial charge >= 0.3 is 0 Å². The van der Waals surface area contributed by atoms with Crippen LogP contribution < -0.4 is 0 Å². The van der Waals surface area contributed by atoms with Crippen LogP contribution in [0.15, 0.2) is 36.4 Å². The van der Waals surface area contributed by atoms with Crippen molar-refractivity contribution < 1.29 is 9.85 Å². The van der Waals surface area contributed by atoms with Gasteiger partial charge in [0.25, 0.3) is 11.4 Å². The number of nitro benzene ring substituents is 2. The average Bonchev–Trinajstić information content (AvgIpc) is 2.68. The van der Waals surface area contributed by atoms with Gasteiger partial charge in [0, 0.05) is 24.3 Å². The van der Waals surface area contributed by atoms with E-state index in [2.05, 4.69) is 0 Å². The molecule has 0 aliphatic rings. The van der Waals surface area contributed by atoms with Gasteiger partial charge in [-0.25, -0.2) is 0 Å². The molecule has 0 aliphatic carbocycles. The molecule has 0 unspecified atom stereocenters. The zero-order valence-corrected chi connectivity index (χ0v) is 17.4. The summed E-state index contributed by atoms with van der Waals surface area (Å²) in [7, 11) is 0. The van der Waals surface area contributed by atoms with Gasteiger partial charge in [-0.1, -0.05) is 44.2 Å². The van der Waals surface area contributed by atoms with Crippen LogP contribution in [-0.4, -0.2) is 9.85 Å². The first-order valence-corrected chi connectivity index (χ1v) is 10.4. The lowest BCUT2D eigenvalue weighted by Gasteiger charge is -2.07. The van der Waals surface area contributed by atoms with Crippen molar-refractivity contribution in [2.24, 2.45) is 0 Å².